The number of benzene rings is 1. The van der Waals surface area contributed by atoms with Crippen LogP contribution in [0.5, 0.6) is 0 Å². The Morgan fingerprint density at radius 2 is 1.94 bits per heavy atom. The van der Waals surface area contributed by atoms with Gasteiger partial charge in [-0.05, 0) is 6.07 Å². The monoisotopic (exact) mass is 272 g/mol. The minimum absolute atomic E-state index is 0.0467. The molecule has 0 unspecified atom stereocenters. The fraction of sp³-hybridized carbons (Fsp3) is 0.100. The molecule has 0 saturated heterocycles. The molecule has 1 aliphatic heterocycles. The van der Waals surface area contributed by atoms with E-state index in [0.29, 0.717) is 5.56 Å². The van der Waals surface area contributed by atoms with Crippen LogP contribution in [-0.4, -0.2) is 25.7 Å². The molecule has 1 aromatic rings. The van der Waals surface area contributed by atoms with Crippen LogP contribution in [0.4, 0.5) is 0 Å². The first-order valence-corrected chi connectivity index (χ1v) is 6.47. The molecule has 0 aromatic heterocycles. The molecule has 7 heteroatoms. The number of likely N-dealkylation sites (N-methyl/N-ethyl adjacent to an activating group) is 1. The molecular weight excluding hydrogens is 264 g/mol. The van der Waals surface area contributed by atoms with Gasteiger partial charge in [-0.25, -0.2) is 8.42 Å². The number of carbonyl (C=O) groups excluding carboxylic acids is 1. The van der Waals surface area contributed by atoms with Gasteiger partial charge in [0.1, 0.15) is 5.70 Å². The highest BCUT2D eigenvalue weighted by molar-refractivity contribution is 7.89. The number of carbonyl (C=O) groups is 1. The number of hydrogen-bond acceptors (Lipinski definition) is 3. The predicted octanol–water partition coefficient (Wildman–Crippen LogP) is 0.713. The van der Waals surface area contributed by atoms with Crippen molar-refractivity contribution >= 4 is 32.6 Å². The maximum absolute atomic E-state index is 12.1. The number of amides is 1. The van der Waals surface area contributed by atoms with Gasteiger partial charge in [0.25, 0.3) is 15.9 Å². The number of nitrogens with zero attached hydrogens (tertiary/aromatic N) is 1. The van der Waals surface area contributed by atoms with E-state index < -0.39 is 15.9 Å². The molecular formula is C10H9ClN2O3S. The van der Waals surface area contributed by atoms with Crippen LogP contribution in [0.1, 0.15) is 5.56 Å². The summed E-state index contributed by atoms with van der Waals surface area (Å²) in [6.45, 7) is 0. The molecule has 5 nitrogen and oxygen atoms in total. The maximum Gasteiger partial charge on any atom is 0.267 e. The quantitative estimate of drug-likeness (QED) is 0.818. The highest BCUT2D eigenvalue weighted by Crippen LogP contribution is 2.37. The standard InChI is InChI=1S/C10H9ClN2O3S/c1-13-9(10(12)14)8(11)6-4-2-3-5-7(6)17(13,15)16/h2-5H,1H3,(H2,12,14). The zero-order valence-corrected chi connectivity index (χ0v) is 10.4. The number of fused-ring (bicyclic) bond motifs is 1. The first kappa shape index (κ1) is 11.9. The zero-order valence-electron chi connectivity index (χ0n) is 8.84. The SMILES string of the molecule is CN1C(C(N)=O)=C(Cl)c2ccccc2S1(=O)=O. The maximum atomic E-state index is 12.1. The summed E-state index contributed by atoms with van der Waals surface area (Å²) in [5.41, 5.74) is 5.21. The van der Waals surface area contributed by atoms with Gasteiger partial charge in [0.05, 0.1) is 9.93 Å². The van der Waals surface area contributed by atoms with Crippen molar-refractivity contribution in [2.75, 3.05) is 7.05 Å². The van der Waals surface area contributed by atoms with Crippen LogP contribution in [0.25, 0.3) is 5.03 Å². The van der Waals surface area contributed by atoms with Gasteiger partial charge in [0, 0.05) is 12.6 Å². The van der Waals surface area contributed by atoms with Crippen molar-refractivity contribution in [2.45, 2.75) is 4.90 Å². The first-order valence-electron chi connectivity index (χ1n) is 4.65. The Hall–Kier alpha value is -1.53. The number of halogens is 1. The molecule has 0 bridgehead atoms. The Kier molecular flexibility index (Phi) is 2.63. The van der Waals surface area contributed by atoms with Crippen LogP contribution >= 0.6 is 11.6 Å². The summed E-state index contributed by atoms with van der Waals surface area (Å²) in [5.74, 6) is -0.879. The molecule has 1 amide bonds. The van der Waals surface area contributed by atoms with Crippen LogP contribution in [0, 0.1) is 0 Å². The van der Waals surface area contributed by atoms with Crippen LogP contribution in [0.3, 0.4) is 0 Å². The van der Waals surface area contributed by atoms with Crippen molar-refractivity contribution in [3.8, 4) is 0 Å². The predicted molar refractivity (Wildman–Crippen MR) is 63.4 cm³/mol. The van der Waals surface area contributed by atoms with Gasteiger partial charge in [0.2, 0.25) is 0 Å². The number of rotatable bonds is 1. The molecule has 2 N–H and O–H groups in total. The van der Waals surface area contributed by atoms with Crippen LogP contribution in [0.15, 0.2) is 34.9 Å². The Morgan fingerprint density at radius 3 is 2.53 bits per heavy atom. The van der Waals surface area contributed by atoms with E-state index in [1.807, 2.05) is 0 Å². The first-order chi connectivity index (χ1) is 7.87. The van der Waals surface area contributed by atoms with E-state index in [1.54, 1.807) is 12.1 Å². The molecule has 1 aliphatic rings. The largest absolute Gasteiger partial charge is 0.364 e. The smallest absolute Gasteiger partial charge is 0.267 e. The third kappa shape index (κ3) is 1.60. The minimum atomic E-state index is -3.76. The van der Waals surface area contributed by atoms with Crippen molar-refractivity contribution in [2.24, 2.45) is 5.73 Å². The number of primary amides is 1. The van der Waals surface area contributed by atoms with E-state index in [-0.39, 0.29) is 15.6 Å². The molecule has 0 aliphatic carbocycles. The highest BCUT2D eigenvalue weighted by Gasteiger charge is 2.35. The molecule has 2 rings (SSSR count). The third-order valence-corrected chi connectivity index (χ3v) is 4.72. The van der Waals surface area contributed by atoms with E-state index >= 15 is 0 Å². The van der Waals surface area contributed by atoms with Crippen LogP contribution in [-0.2, 0) is 14.8 Å². The van der Waals surface area contributed by atoms with E-state index in [0.717, 1.165) is 4.31 Å². The third-order valence-electron chi connectivity index (χ3n) is 2.52. The minimum Gasteiger partial charge on any atom is -0.364 e. The van der Waals surface area contributed by atoms with Gasteiger partial charge in [0.15, 0.2) is 0 Å². The second kappa shape index (κ2) is 3.75. The highest BCUT2D eigenvalue weighted by atomic mass is 35.5. The van der Waals surface area contributed by atoms with Gasteiger partial charge in [-0.3, -0.25) is 9.10 Å². The molecule has 0 radical (unpaired) electrons. The average molecular weight is 273 g/mol. The second-order valence-electron chi connectivity index (χ2n) is 3.50. The molecule has 1 aromatic carbocycles. The Balaban J connectivity index is 2.87. The summed E-state index contributed by atoms with van der Waals surface area (Å²) in [6.07, 6.45) is 0. The lowest BCUT2D eigenvalue weighted by atomic mass is 10.1. The molecule has 17 heavy (non-hydrogen) atoms. The fourth-order valence-corrected chi connectivity index (χ4v) is 3.58. The van der Waals surface area contributed by atoms with Crippen molar-refractivity contribution in [1.29, 1.82) is 0 Å². The lowest BCUT2D eigenvalue weighted by Crippen LogP contribution is -2.36. The lowest BCUT2D eigenvalue weighted by Gasteiger charge is -2.27. The van der Waals surface area contributed by atoms with Crippen LogP contribution in [0.2, 0.25) is 0 Å². The second-order valence-corrected chi connectivity index (χ2v) is 5.81. The summed E-state index contributed by atoms with van der Waals surface area (Å²) >= 11 is 6.00. The summed E-state index contributed by atoms with van der Waals surface area (Å²) in [6, 6.07) is 6.19. The summed E-state index contributed by atoms with van der Waals surface area (Å²) in [7, 11) is -2.51. The van der Waals surface area contributed by atoms with Gasteiger partial charge in [-0.1, -0.05) is 29.8 Å². The van der Waals surface area contributed by atoms with Gasteiger partial charge < -0.3 is 5.73 Å². The lowest BCUT2D eigenvalue weighted by molar-refractivity contribution is -0.115. The molecule has 0 atom stereocenters. The average Bonchev–Trinajstić information content (AvgIpc) is 2.27. The van der Waals surface area contributed by atoms with Crippen LogP contribution < -0.4 is 5.73 Å². The molecule has 90 valence electrons. The van der Waals surface area contributed by atoms with Crippen molar-refractivity contribution in [3.63, 3.8) is 0 Å². The van der Waals surface area contributed by atoms with Gasteiger partial charge in [-0.15, -0.1) is 0 Å². The Bertz CT molecular complexity index is 637. The molecule has 0 spiro atoms. The Morgan fingerprint density at radius 1 is 1.35 bits per heavy atom. The summed E-state index contributed by atoms with van der Waals surface area (Å²) in [5, 5.41) is 0.0467. The van der Waals surface area contributed by atoms with E-state index in [2.05, 4.69) is 0 Å². The Labute approximate surface area is 104 Å². The van der Waals surface area contributed by atoms with Crippen molar-refractivity contribution in [3.05, 3.63) is 35.5 Å². The fourth-order valence-electron chi connectivity index (χ4n) is 1.67. The van der Waals surface area contributed by atoms with Crippen molar-refractivity contribution in [1.82, 2.24) is 4.31 Å². The van der Waals surface area contributed by atoms with Gasteiger partial charge >= 0.3 is 0 Å². The van der Waals surface area contributed by atoms with E-state index in [4.69, 9.17) is 17.3 Å². The topological polar surface area (TPSA) is 80.5 Å². The normalized spacial score (nSPS) is 17.9. The number of nitrogens with two attached hydrogens (primary N) is 1. The van der Waals surface area contributed by atoms with E-state index in [1.165, 1.54) is 19.2 Å². The van der Waals surface area contributed by atoms with Crippen molar-refractivity contribution < 1.29 is 13.2 Å². The molecule has 1 heterocycles. The number of hydrogen-bond donors (Lipinski definition) is 1. The summed E-state index contributed by atoms with van der Waals surface area (Å²) in [4.78, 5) is 11.3. The zero-order chi connectivity index (χ0) is 12.8. The molecule has 0 fully saturated rings. The van der Waals surface area contributed by atoms with E-state index in [9.17, 15) is 13.2 Å². The summed E-state index contributed by atoms with van der Waals surface area (Å²) < 4.78 is 25.0. The number of sulfonamides is 1. The molecule has 0 saturated carbocycles. The van der Waals surface area contributed by atoms with Gasteiger partial charge in [-0.2, -0.15) is 0 Å².